The topological polar surface area (TPSA) is 38.0 Å². The fourth-order valence-corrected chi connectivity index (χ4v) is 2.75. The van der Waals surface area contributed by atoms with Crippen LogP contribution < -0.4 is 11.1 Å². The van der Waals surface area contributed by atoms with Gasteiger partial charge in [-0.3, -0.25) is 0 Å². The Hall–Kier alpha value is -2.58. The van der Waals surface area contributed by atoms with E-state index in [1.165, 1.54) is 16.7 Å². The van der Waals surface area contributed by atoms with E-state index in [4.69, 9.17) is 5.73 Å². The Kier molecular flexibility index (Phi) is 4.74. The molecular weight excluding hydrogens is 280 g/mol. The number of hydrogen-bond acceptors (Lipinski definition) is 2. The van der Waals surface area contributed by atoms with Crippen LogP contribution in [-0.4, -0.2) is 0 Å². The lowest BCUT2D eigenvalue weighted by Gasteiger charge is -2.19. The van der Waals surface area contributed by atoms with Crippen LogP contribution in [0.2, 0.25) is 0 Å². The van der Waals surface area contributed by atoms with Gasteiger partial charge in [-0.25, -0.2) is 0 Å². The molecule has 23 heavy (non-hydrogen) atoms. The van der Waals surface area contributed by atoms with Gasteiger partial charge in [0.2, 0.25) is 0 Å². The molecule has 2 nitrogen and oxygen atoms in total. The minimum absolute atomic E-state index is 0.216. The maximum Gasteiger partial charge on any atom is 0.101 e. The first-order valence-corrected chi connectivity index (χ1v) is 7.93. The third-order valence-electron chi connectivity index (χ3n) is 3.97. The lowest BCUT2D eigenvalue weighted by Crippen LogP contribution is -2.20. The van der Waals surface area contributed by atoms with E-state index < -0.39 is 0 Å². The zero-order valence-electron chi connectivity index (χ0n) is 13.4. The van der Waals surface area contributed by atoms with Gasteiger partial charge < -0.3 is 11.1 Å². The first-order chi connectivity index (χ1) is 11.2. The second kappa shape index (κ2) is 7.12. The summed E-state index contributed by atoms with van der Waals surface area (Å²) in [7, 11) is 0. The van der Waals surface area contributed by atoms with Crippen molar-refractivity contribution in [2.24, 2.45) is 5.73 Å². The number of hydrogen-bond donors (Lipinski definition) is 2. The highest BCUT2D eigenvalue weighted by Crippen LogP contribution is 2.23. The van der Waals surface area contributed by atoms with Gasteiger partial charge in [0, 0.05) is 5.69 Å². The number of anilines is 1. The number of nitrogens with two attached hydrogens (primary N) is 1. The number of rotatable bonds is 5. The second-order valence-electron chi connectivity index (χ2n) is 5.86. The zero-order valence-corrected chi connectivity index (χ0v) is 13.4. The number of para-hydroxylation sites is 1. The molecule has 0 heterocycles. The van der Waals surface area contributed by atoms with Gasteiger partial charge in [-0.15, -0.1) is 0 Å². The molecule has 3 aromatic rings. The van der Waals surface area contributed by atoms with Crippen LogP contribution in [0.3, 0.4) is 0 Å². The Labute approximate surface area is 138 Å². The molecule has 3 rings (SSSR count). The van der Waals surface area contributed by atoms with Crippen LogP contribution in [0.25, 0.3) is 0 Å². The summed E-state index contributed by atoms with van der Waals surface area (Å²) in [4.78, 5) is 0. The summed E-state index contributed by atoms with van der Waals surface area (Å²) in [6.45, 7) is 2.08. The first-order valence-electron chi connectivity index (χ1n) is 7.93. The zero-order chi connectivity index (χ0) is 16.1. The predicted molar refractivity (Wildman–Crippen MR) is 97.4 cm³/mol. The molecule has 0 amide bonds. The quantitative estimate of drug-likeness (QED) is 0.673. The lowest BCUT2D eigenvalue weighted by atomic mass is 10.0. The Balaban J connectivity index is 1.80. The molecule has 0 saturated carbocycles. The summed E-state index contributed by atoms with van der Waals surface area (Å²) in [5.41, 5.74) is 12.3. The summed E-state index contributed by atoms with van der Waals surface area (Å²) in [6.07, 6.45) is 0.677. The van der Waals surface area contributed by atoms with Crippen LogP contribution >= 0.6 is 0 Å². The molecule has 2 heteroatoms. The van der Waals surface area contributed by atoms with Gasteiger partial charge in [0.05, 0.1) is 0 Å². The van der Waals surface area contributed by atoms with Gasteiger partial charge in [-0.05, 0) is 36.1 Å². The van der Waals surface area contributed by atoms with Crippen molar-refractivity contribution in [1.29, 1.82) is 0 Å². The number of aryl methyl sites for hydroxylation is 1. The Morgan fingerprint density at radius 3 is 2.39 bits per heavy atom. The van der Waals surface area contributed by atoms with Gasteiger partial charge in [-0.1, -0.05) is 78.4 Å². The molecule has 0 saturated heterocycles. The molecule has 0 radical (unpaired) electrons. The van der Waals surface area contributed by atoms with Crippen molar-refractivity contribution in [3.63, 3.8) is 0 Å². The molecule has 0 aliphatic carbocycles. The van der Waals surface area contributed by atoms with Crippen LogP contribution in [0.15, 0.2) is 78.9 Å². The van der Waals surface area contributed by atoms with E-state index in [9.17, 15) is 0 Å². The average Bonchev–Trinajstić information content (AvgIpc) is 2.57. The van der Waals surface area contributed by atoms with E-state index in [1.807, 2.05) is 18.2 Å². The Bertz CT molecular complexity index is 766. The van der Waals surface area contributed by atoms with E-state index in [0.717, 1.165) is 17.7 Å². The van der Waals surface area contributed by atoms with E-state index in [-0.39, 0.29) is 6.17 Å². The van der Waals surface area contributed by atoms with Crippen molar-refractivity contribution in [2.45, 2.75) is 19.5 Å². The van der Waals surface area contributed by atoms with Crippen LogP contribution in [0.5, 0.6) is 0 Å². The van der Waals surface area contributed by atoms with Gasteiger partial charge in [0.1, 0.15) is 6.17 Å². The Morgan fingerprint density at radius 1 is 0.870 bits per heavy atom. The third kappa shape index (κ3) is 3.99. The molecule has 3 aromatic carbocycles. The SMILES string of the molecule is Cc1cccc(C(N)Nc2ccccc2Cc2ccccc2)c1. The van der Waals surface area contributed by atoms with Crippen molar-refractivity contribution in [1.82, 2.24) is 0 Å². The molecule has 1 unspecified atom stereocenters. The Morgan fingerprint density at radius 2 is 1.61 bits per heavy atom. The van der Waals surface area contributed by atoms with Crippen molar-refractivity contribution in [3.05, 3.63) is 101 Å². The smallest absolute Gasteiger partial charge is 0.101 e. The van der Waals surface area contributed by atoms with E-state index in [1.54, 1.807) is 0 Å². The van der Waals surface area contributed by atoms with Crippen LogP contribution in [0.1, 0.15) is 28.4 Å². The predicted octanol–water partition coefficient (Wildman–Crippen LogP) is 4.66. The van der Waals surface area contributed by atoms with Crippen LogP contribution in [0, 0.1) is 6.92 Å². The highest BCUT2D eigenvalue weighted by atomic mass is 15.0. The van der Waals surface area contributed by atoms with E-state index in [2.05, 4.69) is 72.9 Å². The lowest BCUT2D eigenvalue weighted by molar-refractivity contribution is 0.832. The normalized spacial score (nSPS) is 11.9. The first kappa shape index (κ1) is 15.3. The minimum Gasteiger partial charge on any atom is -0.366 e. The standard InChI is InChI=1S/C21H22N2/c1-16-8-7-12-19(14-16)21(22)23-20-13-6-5-11-18(20)15-17-9-3-2-4-10-17/h2-14,21,23H,15,22H2,1H3. The highest BCUT2D eigenvalue weighted by Gasteiger charge is 2.09. The average molecular weight is 302 g/mol. The molecule has 1 atom stereocenters. The third-order valence-corrected chi connectivity index (χ3v) is 3.97. The second-order valence-corrected chi connectivity index (χ2v) is 5.86. The van der Waals surface area contributed by atoms with Gasteiger partial charge in [0.25, 0.3) is 0 Å². The largest absolute Gasteiger partial charge is 0.366 e. The fourth-order valence-electron chi connectivity index (χ4n) is 2.75. The number of nitrogens with one attached hydrogen (secondary N) is 1. The van der Waals surface area contributed by atoms with Gasteiger partial charge in [-0.2, -0.15) is 0 Å². The van der Waals surface area contributed by atoms with Gasteiger partial charge in [0.15, 0.2) is 0 Å². The van der Waals surface area contributed by atoms with Crippen LogP contribution in [0.4, 0.5) is 5.69 Å². The van der Waals surface area contributed by atoms with E-state index in [0.29, 0.717) is 0 Å². The maximum absolute atomic E-state index is 6.35. The van der Waals surface area contributed by atoms with Crippen molar-refractivity contribution >= 4 is 5.69 Å². The molecule has 0 aliphatic heterocycles. The van der Waals surface area contributed by atoms with Crippen molar-refractivity contribution in [3.8, 4) is 0 Å². The summed E-state index contributed by atoms with van der Waals surface area (Å²) < 4.78 is 0. The maximum atomic E-state index is 6.35. The summed E-state index contributed by atoms with van der Waals surface area (Å²) in [5, 5.41) is 3.45. The van der Waals surface area contributed by atoms with Crippen LogP contribution in [-0.2, 0) is 6.42 Å². The van der Waals surface area contributed by atoms with E-state index >= 15 is 0 Å². The fraction of sp³-hybridized carbons (Fsp3) is 0.143. The van der Waals surface area contributed by atoms with Gasteiger partial charge >= 0.3 is 0 Å². The molecule has 0 aromatic heterocycles. The molecule has 0 bridgehead atoms. The molecule has 0 spiro atoms. The minimum atomic E-state index is -0.216. The highest BCUT2D eigenvalue weighted by molar-refractivity contribution is 5.54. The molecule has 116 valence electrons. The molecular formula is C21H22N2. The summed E-state index contributed by atoms with van der Waals surface area (Å²) in [5.74, 6) is 0. The molecule has 0 fully saturated rings. The van der Waals surface area contributed by atoms with Crippen molar-refractivity contribution in [2.75, 3.05) is 5.32 Å². The monoisotopic (exact) mass is 302 g/mol. The number of benzene rings is 3. The van der Waals surface area contributed by atoms with Crippen molar-refractivity contribution < 1.29 is 0 Å². The summed E-state index contributed by atoms with van der Waals surface area (Å²) >= 11 is 0. The summed E-state index contributed by atoms with van der Waals surface area (Å²) in [6, 6.07) is 27.2. The molecule has 3 N–H and O–H groups in total. The molecule has 0 aliphatic rings.